The number of hydrogen-bond donors (Lipinski definition) is 0. The maximum Gasteiger partial charge on any atom is 0.0467 e. The van der Waals surface area contributed by atoms with Gasteiger partial charge in [-0.05, 0) is 36.6 Å². The van der Waals surface area contributed by atoms with Crippen molar-refractivity contribution in [2.24, 2.45) is 4.99 Å². The van der Waals surface area contributed by atoms with Crippen molar-refractivity contribution in [3.8, 4) is 11.1 Å². The number of aryl methyl sites for hydroxylation is 2. The lowest BCUT2D eigenvalue weighted by Crippen LogP contribution is -2.14. The van der Waals surface area contributed by atoms with Crippen LogP contribution in [0.25, 0.3) is 11.1 Å². The predicted octanol–water partition coefficient (Wildman–Crippen LogP) is 3.95. The zero-order valence-corrected chi connectivity index (χ0v) is 11.1. The fraction of sp³-hybridized carbons (Fsp3) is 0.235. The molecular weight excluding hydrogens is 218 g/mol. The maximum atomic E-state index is 4.48. The van der Waals surface area contributed by atoms with E-state index in [-0.39, 0.29) is 0 Å². The van der Waals surface area contributed by atoms with Crippen LogP contribution in [0.15, 0.2) is 41.4 Å². The average Bonchev–Trinajstić information content (AvgIpc) is 2.37. The SMILES string of the molecule is CN=C1Cc2cc(C)ccc2-c2ccc(C)cc21. The van der Waals surface area contributed by atoms with Crippen LogP contribution in [-0.4, -0.2) is 12.8 Å². The number of benzene rings is 2. The Balaban J connectivity index is 2.31. The number of hydrogen-bond acceptors (Lipinski definition) is 1. The quantitative estimate of drug-likeness (QED) is 0.655. The molecule has 0 unspecified atom stereocenters. The lowest BCUT2D eigenvalue weighted by Gasteiger charge is -2.22. The molecule has 2 aromatic rings. The second kappa shape index (κ2) is 4.09. The van der Waals surface area contributed by atoms with E-state index in [1.807, 2.05) is 7.05 Å². The third-order valence-electron chi connectivity index (χ3n) is 3.66. The molecule has 1 aliphatic rings. The molecule has 1 heteroatoms. The van der Waals surface area contributed by atoms with E-state index in [0.717, 1.165) is 6.42 Å². The highest BCUT2D eigenvalue weighted by Crippen LogP contribution is 2.34. The molecule has 0 aromatic heterocycles. The Morgan fingerprint density at radius 2 is 1.50 bits per heavy atom. The first-order chi connectivity index (χ1) is 8.69. The summed E-state index contributed by atoms with van der Waals surface area (Å²) in [7, 11) is 1.89. The average molecular weight is 235 g/mol. The fourth-order valence-electron chi connectivity index (χ4n) is 2.74. The standard InChI is InChI=1S/C17H17N/c1-11-4-6-14-13(8-11)10-17(18-3)16-9-12(2)5-7-15(14)16/h4-9H,10H2,1-3H3. The largest absolute Gasteiger partial charge is 0.292 e. The van der Waals surface area contributed by atoms with E-state index in [9.17, 15) is 0 Å². The van der Waals surface area contributed by atoms with Crippen LogP contribution in [-0.2, 0) is 6.42 Å². The Bertz CT molecular complexity index is 651. The summed E-state index contributed by atoms with van der Waals surface area (Å²) in [5.41, 5.74) is 9.20. The van der Waals surface area contributed by atoms with Gasteiger partial charge in [-0.2, -0.15) is 0 Å². The minimum atomic E-state index is 0.948. The molecule has 3 rings (SSSR count). The van der Waals surface area contributed by atoms with E-state index in [1.165, 1.54) is 39.1 Å². The van der Waals surface area contributed by atoms with E-state index in [1.54, 1.807) is 0 Å². The van der Waals surface area contributed by atoms with E-state index in [2.05, 4.69) is 55.2 Å². The van der Waals surface area contributed by atoms with E-state index in [4.69, 9.17) is 0 Å². The van der Waals surface area contributed by atoms with Crippen molar-refractivity contribution in [1.82, 2.24) is 0 Å². The number of rotatable bonds is 0. The van der Waals surface area contributed by atoms with E-state index in [0.29, 0.717) is 0 Å². The molecular formula is C17H17N. The summed E-state index contributed by atoms with van der Waals surface area (Å²) < 4.78 is 0. The van der Waals surface area contributed by atoms with Crippen molar-refractivity contribution in [3.63, 3.8) is 0 Å². The first-order valence-electron chi connectivity index (χ1n) is 6.35. The number of nitrogens with zero attached hydrogens (tertiary/aromatic N) is 1. The predicted molar refractivity (Wildman–Crippen MR) is 77.5 cm³/mol. The summed E-state index contributed by atoms with van der Waals surface area (Å²) >= 11 is 0. The number of aliphatic imine (C=N–C) groups is 1. The monoisotopic (exact) mass is 235 g/mol. The maximum absolute atomic E-state index is 4.48. The minimum absolute atomic E-state index is 0.948. The van der Waals surface area contributed by atoms with Gasteiger partial charge in [0.25, 0.3) is 0 Å². The third-order valence-corrected chi connectivity index (χ3v) is 3.66. The molecule has 0 bridgehead atoms. The summed E-state index contributed by atoms with van der Waals surface area (Å²) in [6.07, 6.45) is 0.948. The lowest BCUT2D eigenvalue weighted by molar-refractivity contribution is 1.23. The van der Waals surface area contributed by atoms with Gasteiger partial charge in [0.2, 0.25) is 0 Å². The van der Waals surface area contributed by atoms with Crippen molar-refractivity contribution >= 4 is 5.71 Å². The van der Waals surface area contributed by atoms with Gasteiger partial charge in [-0.15, -0.1) is 0 Å². The van der Waals surface area contributed by atoms with Crippen LogP contribution in [0.4, 0.5) is 0 Å². The Kier molecular flexibility index (Phi) is 2.55. The van der Waals surface area contributed by atoms with Gasteiger partial charge >= 0.3 is 0 Å². The van der Waals surface area contributed by atoms with E-state index >= 15 is 0 Å². The molecule has 0 saturated carbocycles. The van der Waals surface area contributed by atoms with Crippen LogP contribution in [0, 0.1) is 13.8 Å². The first kappa shape index (κ1) is 11.2. The van der Waals surface area contributed by atoms with Crippen molar-refractivity contribution < 1.29 is 0 Å². The molecule has 1 nitrogen and oxygen atoms in total. The molecule has 0 fully saturated rings. The zero-order chi connectivity index (χ0) is 12.7. The highest BCUT2D eigenvalue weighted by molar-refractivity contribution is 6.10. The first-order valence-corrected chi connectivity index (χ1v) is 6.35. The van der Waals surface area contributed by atoms with Gasteiger partial charge in [-0.1, -0.05) is 41.5 Å². The van der Waals surface area contributed by atoms with Gasteiger partial charge in [-0.3, -0.25) is 4.99 Å². The molecule has 0 spiro atoms. The number of fused-ring (bicyclic) bond motifs is 3. The Morgan fingerprint density at radius 1 is 0.833 bits per heavy atom. The van der Waals surface area contributed by atoms with Crippen LogP contribution in [0.3, 0.4) is 0 Å². The smallest absolute Gasteiger partial charge is 0.0467 e. The Hall–Kier alpha value is -1.89. The van der Waals surface area contributed by atoms with Gasteiger partial charge in [-0.25, -0.2) is 0 Å². The summed E-state index contributed by atoms with van der Waals surface area (Å²) in [5, 5.41) is 0. The normalized spacial score (nSPS) is 15.4. The topological polar surface area (TPSA) is 12.4 Å². The van der Waals surface area contributed by atoms with Crippen molar-refractivity contribution in [3.05, 3.63) is 58.7 Å². The van der Waals surface area contributed by atoms with Crippen LogP contribution >= 0.6 is 0 Å². The highest BCUT2D eigenvalue weighted by atomic mass is 14.7. The summed E-state index contributed by atoms with van der Waals surface area (Å²) in [6.45, 7) is 4.28. The molecule has 1 aliphatic carbocycles. The molecule has 0 heterocycles. The van der Waals surface area contributed by atoms with Gasteiger partial charge < -0.3 is 0 Å². The molecule has 0 saturated heterocycles. The van der Waals surface area contributed by atoms with E-state index < -0.39 is 0 Å². The molecule has 0 N–H and O–H groups in total. The van der Waals surface area contributed by atoms with Crippen molar-refractivity contribution in [1.29, 1.82) is 0 Å². The molecule has 2 aromatic carbocycles. The highest BCUT2D eigenvalue weighted by Gasteiger charge is 2.20. The van der Waals surface area contributed by atoms with Crippen LogP contribution in [0.5, 0.6) is 0 Å². The van der Waals surface area contributed by atoms with Crippen LogP contribution in [0.2, 0.25) is 0 Å². The summed E-state index contributed by atoms with van der Waals surface area (Å²) in [5.74, 6) is 0. The molecule has 0 radical (unpaired) electrons. The van der Waals surface area contributed by atoms with Crippen molar-refractivity contribution in [2.75, 3.05) is 7.05 Å². The zero-order valence-electron chi connectivity index (χ0n) is 11.1. The molecule has 90 valence electrons. The third kappa shape index (κ3) is 1.67. The summed E-state index contributed by atoms with van der Waals surface area (Å²) in [4.78, 5) is 4.48. The molecule has 0 amide bonds. The Morgan fingerprint density at radius 3 is 2.22 bits per heavy atom. The molecule has 0 aliphatic heterocycles. The lowest BCUT2D eigenvalue weighted by atomic mass is 9.83. The Labute approximate surface area is 108 Å². The molecule has 18 heavy (non-hydrogen) atoms. The van der Waals surface area contributed by atoms with Gasteiger partial charge in [0.1, 0.15) is 0 Å². The fourth-order valence-corrected chi connectivity index (χ4v) is 2.74. The van der Waals surface area contributed by atoms with Crippen LogP contribution in [0.1, 0.15) is 22.3 Å². The van der Waals surface area contributed by atoms with Crippen LogP contribution < -0.4 is 0 Å². The van der Waals surface area contributed by atoms with Crippen molar-refractivity contribution in [2.45, 2.75) is 20.3 Å². The summed E-state index contributed by atoms with van der Waals surface area (Å²) in [6, 6.07) is 13.4. The second-order valence-electron chi connectivity index (χ2n) is 5.06. The molecule has 0 atom stereocenters. The van der Waals surface area contributed by atoms with Gasteiger partial charge in [0, 0.05) is 24.7 Å². The minimum Gasteiger partial charge on any atom is -0.292 e. The van der Waals surface area contributed by atoms with Gasteiger partial charge in [0.15, 0.2) is 0 Å². The van der Waals surface area contributed by atoms with Gasteiger partial charge in [0.05, 0.1) is 0 Å². The second-order valence-corrected chi connectivity index (χ2v) is 5.06.